The molecule has 21 heavy (non-hydrogen) atoms. The van der Waals surface area contributed by atoms with Gasteiger partial charge >= 0.3 is 0 Å². The van der Waals surface area contributed by atoms with Crippen LogP contribution in [0.4, 0.5) is 0 Å². The minimum atomic E-state index is -3.30. The Hall–Kier alpha value is -1.02. The largest absolute Gasteiger partial charge is 0.383 e. The molecule has 0 saturated carbocycles. The second-order valence-corrected chi connectivity index (χ2v) is 7.60. The lowest BCUT2D eigenvalue weighted by Gasteiger charge is -2.21. The summed E-state index contributed by atoms with van der Waals surface area (Å²) in [7, 11) is -1.79. The van der Waals surface area contributed by atoms with Crippen LogP contribution >= 0.6 is 0 Å². The van der Waals surface area contributed by atoms with Gasteiger partial charge in [-0.3, -0.25) is 4.98 Å². The van der Waals surface area contributed by atoms with Gasteiger partial charge in [-0.05, 0) is 31.0 Å². The Labute approximate surface area is 126 Å². The van der Waals surface area contributed by atoms with E-state index < -0.39 is 15.3 Å². The first kappa shape index (κ1) is 16.4. The molecule has 1 fully saturated rings. The number of methoxy groups -OCH3 is 1. The number of hydrogen-bond acceptors (Lipinski definition) is 5. The summed E-state index contributed by atoms with van der Waals surface area (Å²) in [6, 6.07) is 3.79. The summed E-state index contributed by atoms with van der Waals surface area (Å²) >= 11 is 0. The highest BCUT2D eigenvalue weighted by molar-refractivity contribution is 7.89. The lowest BCUT2D eigenvalue weighted by molar-refractivity contribution is 0.0507. The number of aromatic nitrogens is 1. The highest BCUT2D eigenvalue weighted by Crippen LogP contribution is 2.20. The normalized spacial score (nSPS) is 21.5. The van der Waals surface area contributed by atoms with E-state index in [4.69, 9.17) is 9.47 Å². The molecule has 0 N–H and O–H groups in total. The van der Waals surface area contributed by atoms with Gasteiger partial charge in [0.05, 0.1) is 24.6 Å². The Morgan fingerprint density at radius 1 is 1.43 bits per heavy atom. The molecule has 2 atom stereocenters. The zero-order chi connectivity index (χ0) is 15.3. The van der Waals surface area contributed by atoms with Crippen molar-refractivity contribution in [3.63, 3.8) is 0 Å². The lowest BCUT2D eigenvalue weighted by atomic mass is 10.3. The average Bonchev–Trinajstić information content (AvgIpc) is 2.96. The van der Waals surface area contributed by atoms with E-state index >= 15 is 0 Å². The summed E-state index contributed by atoms with van der Waals surface area (Å²) in [5, 5.41) is -0.526. The van der Waals surface area contributed by atoms with Crippen molar-refractivity contribution in [2.75, 3.05) is 26.8 Å². The van der Waals surface area contributed by atoms with Gasteiger partial charge in [0.2, 0.25) is 10.0 Å². The van der Waals surface area contributed by atoms with Crippen molar-refractivity contribution < 1.29 is 17.9 Å². The molecule has 1 saturated heterocycles. The fourth-order valence-corrected chi connectivity index (χ4v) is 3.88. The molecule has 0 bridgehead atoms. The molecule has 7 heteroatoms. The van der Waals surface area contributed by atoms with Crippen LogP contribution in [-0.4, -0.2) is 55.9 Å². The first-order chi connectivity index (χ1) is 10.0. The Morgan fingerprint density at radius 2 is 2.14 bits per heavy atom. The Balaban J connectivity index is 1.86. The smallest absolute Gasteiger partial charge is 0.219 e. The van der Waals surface area contributed by atoms with Gasteiger partial charge in [0, 0.05) is 32.6 Å². The maximum Gasteiger partial charge on any atom is 0.219 e. The molecule has 1 aromatic rings. The molecule has 0 aliphatic carbocycles. The van der Waals surface area contributed by atoms with Crippen LogP contribution < -0.4 is 0 Å². The second kappa shape index (κ2) is 7.31. The fourth-order valence-electron chi connectivity index (χ4n) is 2.33. The Bertz CT molecular complexity index is 535. The van der Waals surface area contributed by atoms with Gasteiger partial charge in [0.15, 0.2) is 0 Å². The van der Waals surface area contributed by atoms with E-state index in [1.54, 1.807) is 19.3 Å². The summed E-state index contributed by atoms with van der Waals surface area (Å²) < 4.78 is 36.9. The molecule has 1 aliphatic heterocycles. The minimum absolute atomic E-state index is 0.0531. The van der Waals surface area contributed by atoms with E-state index in [0.29, 0.717) is 19.7 Å². The first-order valence-electron chi connectivity index (χ1n) is 7.02. The van der Waals surface area contributed by atoms with Gasteiger partial charge < -0.3 is 9.47 Å². The molecule has 1 aliphatic rings. The van der Waals surface area contributed by atoms with Crippen LogP contribution in [0, 0.1) is 0 Å². The molecule has 0 unspecified atom stereocenters. The topological polar surface area (TPSA) is 68.7 Å². The molecule has 0 radical (unpaired) electrons. The summed E-state index contributed by atoms with van der Waals surface area (Å²) in [5.41, 5.74) is 1.04. The van der Waals surface area contributed by atoms with Gasteiger partial charge in [-0.2, -0.15) is 4.31 Å². The summed E-state index contributed by atoms with van der Waals surface area (Å²) in [5.74, 6) is 0. The van der Waals surface area contributed by atoms with E-state index in [1.807, 2.05) is 12.1 Å². The maximum absolute atomic E-state index is 12.3. The quantitative estimate of drug-likeness (QED) is 0.752. The van der Waals surface area contributed by atoms with Crippen molar-refractivity contribution >= 4 is 10.0 Å². The van der Waals surface area contributed by atoms with E-state index in [9.17, 15) is 8.42 Å². The van der Waals surface area contributed by atoms with Crippen LogP contribution in [0.25, 0.3) is 0 Å². The van der Waals surface area contributed by atoms with Crippen LogP contribution in [0.3, 0.4) is 0 Å². The number of pyridine rings is 1. The number of hydrogen-bond donors (Lipinski definition) is 0. The van der Waals surface area contributed by atoms with Crippen molar-refractivity contribution in [3.05, 3.63) is 30.1 Å². The molecule has 1 aromatic heterocycles. The first-order valence-corrected chi connectivity index (χ1v) is 8.52. The second-order valence-electron chi connectivity index (χ2n) is 5.25. The van der Waals surface area contributed by atoms with Crippen molar-refractivity contribution in [1.82, 2.24) is 9.29 Å². The maximum atomic E-state index is 12.3. The number of sulfonamides is 1. The van der Waals surface area contributed by atoms with Crippen molar-refractivity contribution in [3.8, 4) is 0 Å². The SMILES string of the molecule is COC[C@@H](C)S(=O)(=O)N1CC[C@H](OCc2ccncc2)C1. The van der Waals surface area contributed by atoms with Crippen LogP contribution in [0.5, 0.6) is 0 Å². The average molecular weight is 314 g/mol. The highest BCUT2D eigenvalue weighted by atomic mass is 32.2. The van der Waals surface area contributed by atoms with Crippen LogP contribution in [0.2, 0.25) is 0 Å². The Morgan fingerprint density at radius 3 is 2.81 bits per heavy atom. The van der Waals surface area contributed by atoms with Gasteiger partial charge in [0.25, 0.3) is 0 Å². The number of ether oxygens (including phenoxy) is 2. The zero-order valence-corrected chi connectivity index (χ0v) is 13.3. The molecule has 0 spiro atoms. The van der Waals surface area contributed by atoms with Crippen LogP contribution in [-0.2, 0) is 26.1 Å². The van der Waals surface area contributed by atoms with Crippen molar-refractivity contribution in [2.45, 2.75) is 31.3 Å². The van der Waals surface area contributed by atoms with E-state index in [1.165, 1.54) is 11.4 Å². The van der Waals surface area contributed by atoms with Crippen molar-refractivity contribution in [1.29, 1.82) is 0 Å². The third kappa shape index (κ3) is 4.23. The van der Waals surface area contributed by atoms with Gasteiger partial charge in [-0.15, -0.1) is 0 Å². The number of nitrogens with zero attached hydrogens (tertiary/aromatic N) is 2. The molecule has 118 valence electrons. The zero-order valence-electron chi connectivity index (χ0n) is 12.4. The monoisotopic (exact) mass is 314 g/mol. The third-order valence-electron chi connectivity index (χ3n) is 3.61. The van der Waals surface area contributed by atoms with Crippen molar-refractivity contribution in [2.24, 2.45) is 0 Å². The van der Waals surface area contributed by atoms with E-state index in [2.05, 4.69) is 4.98 Å². The third-order valence-corrected chi connectivity index (χ3v) is 5.82. The molecule has 0 amide bonds. The predicted octanol–water partition coefficient (Wildman–Crippen LogP) is 1.04. The molecule has 0 aromatic carbocycles. The summed E-state index contributed by atoms with van der Waals surface area (Å²) in [4.78, 5) is 3.95. The van der Waals surface area contributed by atoms with E-state index in [0.717, 1.165) is 12.0 Å². The molecule has 2 heterocycles. The van der Waals surface area contributed by atoms with Gasteiger partial charge in [0.1, 0.15) is 0 Å². The summed E-state index contributed by atoms with van der Waals surface area (Å²) in [6.07, 6.45) is 4.11. The minimum Gasteiger partial charge on any atom is -0.383 e. The van der Waals surface area contributed by atoms with E-state index in [-0.39, 0.29) is 12.7 Å². The predicted molar refractivity (Wildman–Crippen MR) is 79.3 cm³/mol. The van der Waals surface area contributed by atoms with Gasteiger partial charge in [-0.25, -0.2) is 8.42 Å². The van der Waals surface area contributed by atoms with Crippen LogP contribution in [0.1, 0.15) is 18.9 Å². The molecule has 2 rings (SSSR count). The molecule has 6 nitrogen and oxygen atoms in total. The lowest BCUT2D eigenvalue weighted by Crippen LogP contribution is -2.38. The number of rotatable bonds is 7. The van der Waals surface area contributed by atoms with Crippen LogP contribution in [0.15, 0.2) is 24.5 Å². The standard InChI is InChI=1S/C14H22N2O4S/c1-12(10-19-2)21(17,18)16-8-5-14(9-16)20-11-13-3-6-15-7-4-13/h3-4,6-7,12,14H,5,8-11H2,1-2H3/t12-,14+/m1/s1. The Kier molecular flexibility index (Phi) is 5.69. The highest BCUT2D eigenvalue weighted by Gasteiger charge is 2.35. The fraction of sp³-hybridized carbons (Fsp3) is 0.643. The molecular weight excluding hydrogens is 292 g/mol. The molecular formula is C14H22N2O4S. The van der Waals surface area contributed by atoms with Gasteiger partial charge in [-0.1, -0.05) is 0 Å². The summed E-state index contributed by atoms with van der Waals surface area (Å²) in [6.45, 7) is 3.29.